The van der Waals surface area contributed by atoms with Crippen LogP contribution in [0.1, 0.15) is 25.5 Å². The van der Waals surface area contributed by atoms with E-state index < -0.39 is 0 Å². The number of methoxy groups -OCH3 is 1. The highest BCUT2D eigenvalue weighted by atomic mass is 32.1. The maximum absolute atomic E-state index is 9.69. The molecule has 1 N–H and O–H groups in total. The number of rotatable bonds is 5. The van der Waals surface area contributed by atoms with Crippen molar-refractivity contribution in [3.63, 3.8) is 0 Å². The number of hydrogen-bond donors (Lipinski definition) is 1. The Morgan fingerprint density at radius 1 is 1.39 bits per heavy atom. The van der Waals surface area contributed by atoms with Crippen molar-refractivity contribution in [2.24, 2.45) is 5.92 Å². The first-order valence-corrected chi connectivity index (χ1v) is 9.03. The molecule has 3 rings (SSSR count). The molecule has 1 aromatic carbocycles. The van der Waals surface area contributed by atoms with Crippen LogP contribution >= 0.6 is 11.3 Å². The Morgan fingerprint density at radius 3 is 3.00 bits per heavy atom. The maximum Gasteiger partial charge on any atom is 0.129 e. The average molecular weight is 332 g/mol. The quantitative estimate of drug-likeness (QED) is 0.911. The summed E-state index contributed by atoms with van der Waals surface area (Å²) in [4.78, 5) is 7.16. The van der Waals surface area contributed by atoms with Gasteiger partial charge in [0.2, 0.25) is 0 Å². The molecule has 0 radical (unpaired) electrons. The van der Waals surface area contributed by atoms with Crippen LogP contribution in [0.4, 0.5) is 0 Å². The fourth-order valence-electron chi connectivity index (χ4n) is 3.36. The molecule has 1 saturated heterocycles. The fourth-order valence-corrected chi connectivity index (χ4v) is 4.20. The van der Waals surface area contributed by atoms with Crippen LogP contribution in [0.25, 0.3) is 10.6 Å². The summed E-state index contributed by atoms with van der Waals surface area (Å²) < 4.78 is 5.43. The summed E-state index contributed by atoms with van der Waals surface area (Å²) in [6, 6.07) is 8.23. The van der Waals surface area contributed by atoms with Crippen LogP contribution in [0, 0.1) is 5.92 Å². The molecule has 1 aliphatic rings. The van der Waals surface area contributed by atoms with E-state index in [4.69, 9.17) is 9.72 Å². The zero-order valence-corrected chi connectivity index (χ0v) is 14.6. The van der Waals surface area contributed by atoms with Crippen molar-refractivity contribution >= 4 is 11.3 Å². The Kier molecular flexibility index (Phi) is 5.30. The predicted molar refractivity (Wildman–Crippen MR) is 93.8 cm³/mol. The Balaban J connectivity index is 1.77. The van der Waals surface area contributed by atoms with Gasteiger partial charge in [-0.15, -0.1) is 11.3 Å². The summed E-state index contributed by atoms with van der Waals surface area (Å²) >= 11 is 1.65. The lowest BCUT2D eigenvalue weighted by Crippen LogP contribution is -2.46. The van der Waals surface area contributed by atoms with Gasteiger partial charge in [0, 0.05) is 18.0 Å². The molecule has 23 heavy (non-hydrogen) atoms. The highest BCUT2D eigenvalue weighted by molar-refractivity contribution is 7.13. The third-order valence-corrected chi connectivity index (χ3v) is 5.60. The molecule has 0 spiro atoms. The summed E-state index contributed by atoms with van der Waals surface area (Å²) in [6.45, 7) is 4.30. The van der Waals surface area contributed by atoms with Crippen LogP contribution in [-0.2, 0) is 6.54 Å². The summed E-state index contributed by atoms with van der Waals surface area (Å²) in [5, 5.41) is 12.8. The molecule has 1 aromatic heterocycles. The maximum atomic E-state index is 9.69. The Hall–Kier alpha value is -1.43. The monoisotopic (exact) mass is 332 g/mol. The smallest absolute Gasteiger partial charge is 0.129 e. The molecule has 1 aliphatic heterocycles. The number of piperidine rings is 1. The van der Waals surface area contributed by atoms with Crippen LogP contribution in [0.5, 0.6) is 5.75 Å². The van der Waals surface area contributed by atoms with Crippen LogP contribution < -0.4 is 4.74 Å². The Labute approximate surface area is 141 Å². The summed E-state index contributed by atoms with van der Waals surface area (Å²) in [5.41, 5.74) is 2.11. The molecule has 2 atom stereocenters. The third-order valence-electron chi connectivity index (χ3n) is 4.67. The van der Waals surface area contributed by atoms with E-state index in [2.05, 4.69) is 17.2 Å². The van der Waals surface area contributed by atoms with Gasteiger partial charge in [-0.3, -0.25) is 4.90 Å². The number of aliphatic hydroxyl groups is 1. The normalized spacial score (nSPS) is 22.2. The molecule has 2 aromatic rings. The summed E-state index contributed by atoms with van der Waals surface area (Å²) in [7, 11) is 1.69. The second-order valence-electron chi connectivity index (χ2n) is 6.18. The van der Waals surface area contributed by atoms with E-state index in [0.717, 1.165) is 35.1 Å². The van der Waals surface area contributed by atoms with E-state index in [0.29, 0.717) is 5.92 Å². The average Bonchev–Trinajstić information content (AvgIpc) is 3.03. The topological polar surface area (TPSA) is 45.6 Å². The minimum atomic E-state index is 0.227. The summed E-state index contributed by atoms with van der Waals surface area (Å²) in [5.74, 6) is 1.40. The first-order chi connectivity index (χ1) is 11.2. The number of aliphatic hydroxyl groups excluding tert-OH is 1. The summed E-state index contributed by atoms with van der Waals surface area (Å²) in [6.07, 6.45) is 2.40. The van der Waals surface area contributed by atoms with Crippen molar-refractivity contribution in [1.29, 1.82) is 0 Å². The highest BCUT2D eigenvalue weighted by Gasteiger charge is 2.28. The molecule has 5 heteroatoms. The van der Waals surface area contributed by atoms with Gasteiger partial charge in [0.05, 0.1) is 25.0 Å². The van der Waals surface area contributed by atoms with Gasteiger partial charge in [-0.25, -0.2) is 4.98 Å². The third kappa shape index (κ3) is 3.57. The van der Waals surface area contributed by atoms with E-state index >= 15 is 0 Å². The molecule has 124 valence electrons. The lowest BCUT2D eigenvalue weighted by atomic mass is 9.91. The predicted octanol–water partition coefficient (Wildman–Crippen LogP) is 3.41. The van der Waals surface area contributed by atoms with E-state index in [9.17, 15) is 5.11 Å². The second-order valence-corrected chi connectivity index (χ2v) is 7.04. The number of para-hydroxylation sites is 1. The largest absolute Gasteiger partial charge is 0.496 e. The number of likely N-dealkylation sites (tertiary alicyclic amines) is 1. The molecule has 1 fully saturated rings. The lowest BCUT2D eigenvalue weighted by Gasteiger charge is -2.38. The zero-order valence-electron chi connectivity index (χ0n) is 13.7. The van der Waals surface area contributed by atoms with Gasteiger partial charge < -0.3 is 9.84 Å². The first-order valence-electron chi connectivity index (χ1n) is 8.15. The number of aromatic nitrogens is 1. The standard InChI is InChI=1S/C18H24N2O2S/c1-13-6-5-9-20(16(13)11-21)10-14-12-23-18(19-14)15-7-3-4-8-17(15)22-2/h3-4,7-8,12-13,16,21H,5-6,9-11H2,1-2H3. The SMILES string of the molecule is COc1ccccc1-c1nc(CN2CCCC(C)C2CO)cs1. The number of ether oxygens (including phenoxy) is 1. The lowest BCUT2D eigenvalue weighted by molar-refractivity contribution is 0.0465. The number of benzene rings is 1. The van der Waals surface area contributed by atoms with Crippen molar-refractivity contribution < 1.29 is 9.84 Å². The number of thiazole rings is 1. The van der Waals surface area contributed by atoms with E-state index in [1.807, 2.05) is 24.3 Å². The fraction of sp³-hybridized carbons (Fsp3) is 0.500. The number of hydrogen-bond acceptors (Lipinski definition) is 5. The van der Waals surface area contributed by atoms with Crippen molar-refractivity contribution in [2.75, 3.05) is 20.3 Å². The van der Waals surface area contributed by atoms with Crippen LogP contribution in [0.2, 0.25) is 0 Å². The Morgan fingerprint density at radius 2 is 2.22 bits per heavy atom. The van der Waals surface area contributed by atoms with Gasteiger partial charge in [-0.2, -0.15) is 0 Å². The van der Waals surface area contributed by atoms with E-state index in [1.54, 1.807) is 18.4 Å². The van der Waals surface area contributed by atoms with Gasteiger partial charge in [0.25, 0.3) is 0 Å². The van der Waals surface area contributed by atoms with E-state index in [-0.39, 0.29) is 12.6 Å². The van der Waals surface area contributed by atoms with Gasteiger partial charge in [-0.1, -0.05) is 19.1 Å². The minimum absolute atomic E-state index is 0.227. The molecule has 0 amide bonds. The molecular formula is C18H24N2O2S. The van der Waals surface area contributed by atoms with Crippen molar-refractivity contribution in [3.8, 4) is 16.3 Å². The molecule has 2 heterocycles. The molecule has 0 bridgehead atoms. The minimum Gasteiger partial charge on any atom is -0.496 e. The van der Waals surface area contributed by atoms with Gasteiger partial charge in [0.15, 0.2) is 0 Å². The number of nitrogens with zero attached hydrogens (tertiary/aromatic N) is 2. The van der Waals surface area contributed by atoms with Crippen molar-refractivity contribution in [2.45, 2.75) is 32.4 Å². The van der Waals surface area contributed by atoms with Gasteiger partial charge in [-0.05, 0) is 37.4 Å². The molecular weight excluding hydrogens is 308 g/mol. The van der Waals surface area contributed by atoms with Gasteiger partial charge in [0.1, 0.15) is 10.8 Å². The molecule has 0 aliphatic carbocycles. The zero-order chi connectivity index (χ0) is 16.2. The second kappa shape index (κ2) is 7.43. The molecule has 2 unspecified atom stereocenters. The van der Waals surface area contributed by atoms with Crippen LogP contribution in [0.3, 0.4) is 0 Å². The molecule has 4 nitrogen and oxygen atoms in total. The van der Waals surface area contributed by atoms with E-state index in [1.165, 1.54) is 12.8 Å². The van der Waals surface area contributed by atoms with Gasteiger partial charge >= 0.3 is 0 Å². The van der Waals surface area contributed by atoms with Crippen molar-refractivity contribution in [3.05, 3.63) is 35.3 Å². The first kappa shape index (κ1) is 16.4. The Bertz CT molecular complexity index is 643. The highest BCUT2D eigenvalue weighted by Crippen LogP contribution is 2.32. The molecule has 0 saturated carbocycles. The van der Waals surface area contributed by atoms with Crippen molar-refractivity contribution in [1.82, 2.24) is 9.88 Å². The van der Waals surface area contributed by atoms with Crippen LogP contribution in [-0.4, -0.2) is 41.3 Å². The van der Waals surface area contributed by atoms with Crippen LogP contribution in [0.15, 0.2) is 29.6 Å².